The van der Waals surface area contributed by atoms with Gasteiger partial charge in [0, 0.05) is 6.21 Å². The molecule has 1 aromatic heterocycles. The van der Waals surface area contributed by atoms with Crippen molar-refractivity contribution in [3.8, 4) is 5.75 Å². The number of hydrogen-bond acceptors (Lipinski definition) is 6. The van der Waals surface area contributed by atoms with Gasteiger partial charge in [-0.25, -0.2) is 4.98 Å². The molecule has 0 radical (unpaired) electrons. The summed E-state index contributed by atoms with van der Waals surface area (Å²) in [6, 6.07) is 13.8. The monoisotopic (exact) mass is 643 g/mol. The molecule has 1 amide bonds. The first-order valence-corrected chi connectivity index (χ1v) is 13.2. The molecular weight excluding hydrogens is 631 g/mol. The van der Waals surface area contributed by atoms with Gasteiger partial charge < -0.3 is 10.4 Å². The first kappa shape index (κ1) is 25.7. The van der Waals surface area contributed by atoms with Crippen LogP contribution in [0.5, 0.6) is 5.75 Å². The van der Waals surface area contributed by atoms with Crippen LogP contribution in [-0.2, 0) is 11.0 Å². The van der Waals surface area contributed by atoms with Crippen LogP contribution in [0.25, 0.3) is 10.2 Å². The van der Waals surface area contributed by atoms with E-state index in [1.54, 1.807) is 24.4 Å². The maximum atomic E-state index is 13.1. The molecule has 0 fully saturated rings. The van der Waals surface area contributed by atoms with Gasteiger partial charge in [0.2, 0.25) is 5.91 Å². The number of nitrogens with one attached hydrogen (secondary N) is 1. The van der Waals surface area contributed by atoms with Gasteiger partial charge in [0.25, 0.3) is 0 Å². The highest BCUT2D eigenvalue weighted by atomic mass is 79.9. The van der Waals surface area contributed by atoms with Crippen LogP contribution in [0.4, 0.5) is 24.5 Å². The van der Waals surface area contributed by atoms with Gasteiger partial charge in [0.05, 0.1) is 41.9 Å². The zero-order valence-electron chi connectivity index (χ0n) is 17.4. The summed E-state index contributed by atoms with van der Waals surface area (Å²) >= 11 is 9.08. The van der Waals surface area contributed by atoms with Crippen molar-refractivity contribution in [2.24, 2.45) is 4.99 Å². The second-order valence-electron chi connectivity index (χ2n) is 7.10. The number of aromatic hydroxyl groups is 1. The third-order valence-corrected chi connectivity index (χ3v) is 7.96. The lowest BCUT2D eigenvalue weighted by Gasteiger charge is -2.13. The second kappa shape index (κ2) is 10.7. The molecule has 4 aromatic rings. The topological polar surface area (TPSA) is 74.6 Å². The van der Waals surface area contributed by atoms with Gasteiger partial charge in [0.1, 0.15) is 5.75 Å². The van der Waals surface area contributed by atoms with E-state index in [9.17, 15) is 23.1 Å². The zero-order valence-corrected chi connectivity index (χ0v) is 22.2. The number of halogens is 5. The molecule has 12 heteroatoms. The Morgan fingerprint density at radius 3 is 2.57 bits per heavy atom. The molecule has 0 aliphatic heterocycles. The molecule has 2 N–H and O–H groups in total. The number of para-hydroxylation sites is 1. The van der Waals surface area contributed by atoms with Crippen LogP contribution in [0.3, 0.4) is 0 Å². The van der Waals surface area contributed by atoms with Gasteiger partial charge in [-0.2, -0.15) is 13.2 Å². The largest absolute Gasteiger partial charge is 0.506 e. The molecule has 0 aliphatic rings. The van der Waals surface area contributed by atoms with Crippen molar-refractivity contribution in [3.63, 3.8) is 0 Å². The van der Waals surface area contributed by atoms with Crippen molar-refractivity contribution in [2.75, 3.05) is 11.1 Å². The van der Waals surface area contributed by atoms with Gasteiger partial charge >= 0.3 is 6.18 Å². The highest BCUT2D eigenvalue weighted by Gasteiger charge is 2.33. The Morgan fingerprint density at radius 2 is 1.86 bits per heavy atom. The smallest absolute Gasteiger partial charge is 0.418 e. The predicted octanol–water partition coefficient (Wildman–Crippen LogP) is 8.03. The number of phenols is 1. The number of anilines is 1. The predicted molar refractivity (Wildman–Crippen MR) is 141 cm³/mol. The summed E-state index contributed by atoms with van der Waals surface area (Å²) in [6.45, 7) is 0. The minimum absolute atomic E-state index is 0.0817. The third kappa shape index (κ3) is 6.43. The van der Waals surface area contributed by atoms with Crippen molar-refractivity contribution < 1.29 is 23.1 Å². The van der Waals surface area contributed by atoms with Crippen LogP contribution < -0.4 is 5.32 Å². The fourth-order valence-electron chi connectivity index (χ4n) is 3.00. The number of aromatic nitrogens is 1. The van der Waals surface area contributed by atoms with Crippen LogP contribution >= 0.6 is 55.0 Å². The van der Waals surface area contributed by atoms with Gasteiger partial charge in [-0.15, -0.1) is 11.3 Å². The van der Waals surface area contributed by atoms with E-state index in [0.717, 1.165) is 33.6 Å². The molecule has 35 heavy (non-hydrogen) atoms. The number of fused-ring (bicyclic) bond motifs is 1. The summed E-state index contributed by atoms with van der Waals surface area (Å²) in [7, 11) is 0. The number of hydrogen-bond donors (Lipinski definition) is 2. The average molecular weight is 645 g/mol. The lowest BCUT2D eigenvalue weighted by molar-refractivity contribution is -0.137. The highest BCUT2D eigenvalue weighted by Crippen LogP contribution is 2.36. The normalized spacial score (nSPS) is 11.9. The first-order valence-electron chi connectivity index (χ1n) is 9.82. The molecule has 0 saturated carbocycles. The minimum Gasteiger partial charge on any atom is -0.506 e. The van der Waals surface area contributed by atoms with Crippen molar-refractivity contribution in [1.82, 2.24) is 4.98 Å². The molecule has 0 unspecified atom stereocenters. The number of aliphatic imine (C=N–C) groups is 1. The molecule has 3 aromatic carbocycles. The van der Waals surface area contributed by atoms with Crippen molar-refractivity contribution in [1.29, 1.82) is 0 Å². The fraction of sp³-hybridized carbons (Fsp3) is 0.0870. The average Bonchev–Trinajstić information content (AvgIpc) is 3.21. The molecule has 0 atom stereocenters. The van der Waals surface area contributed by atoms with E-state index in [4.69, 9.17) is 0 Å². The highest BCUT2D eigenvalue weighted by molar-refractivity contribution is 9.11. The lowest BCUT2D eigenvalue weighted by atomic mass is 10.1. The van der Waals surface area contributed by atoms with Crippen molar-refractivity contribution in [3.05, 3.63) is 74.7 Å². The molecule has 0 aliphatic carbocycles. The fourth-order valence-corrected chi connectivity index (χ4v) is 6.12. The van der Waals surface area contributed by atoms with Gasteiger partial charge in [-0.1, -0.05) is 23.9 Å². The SMILES string of the molecule is O=C(CSc1nc2ccc(N=Cc3cc(Br)c(O)c(Br)c3)cc2s1)Nc1ccccc1C(F)(F)F. The standard InChI is InChI=1S/C23H14Br2F3N3O2S2/c24-15-7-12(8-16(25)21(15)33)10-29-13-5-6-18-19(9-13)35-22(31-18)34-11-20(32)30-17-4-2-1-3-14(17)23(26,27)28/h1-10,33H,11H2,(H,30,32). The van der Waals surface area contributed by atoms with Crippen molar-refractivity contribution >= 4 is 88.7 Å². The van der Waals surface area contributed by atoms with E-state index in [1.165, 1.54) is 29.5 Å². The number of thioether (sulfide) groups is 1. The zero-order chi connectivity index (χ0) is 25.2. The first-order chi connectivity index (χ1) is 16.6. The molecule has 180 valence electrons. The van der Waals surface area contributed by atoms with Crippen LogP contribution in [0.2, 0.25) is 0 Å². The number of amides is 1. The number of carbonyl (C=O) groups is 1. The van der Waals surface area contributed by atoms with Crippen molar-refractivity contribution in [2.45, 2.75) is 10.5 Å². The molecule has 0 spiro atoms. The maximum Gasteiger partial charge on any atom is 0.418 e. The summed E-state index contributed by atoms with van der Waals surface area (Å²) in [5.74, 6) is -0.527. The second-order valence-corrected chi connectivity index (χ2v) is 11.1. The summed E-state index contributed by atoms with van der Waals surface area (Å²) < 4.78 is 41.9. The van der Waals surface area contributed by atoms with Gasteiger partial charge in [-0.3, -0.25) is 9.79 Å². The maximum absolute atomic E-state index is 13.1. The molecular formula is C23H14Br2F3N3O2S2. The van der Waals surface area contributed by atoms with E-state index in [0.29, 0.717) is 19.0 Å². The summed E-state index contributed by atoms with van der Waals surface area (Å²) in [4.78, 5) is 21.2. The van der Waals surface area contributed by atoms with E-state index in [2.05, 4.69) is 47.2 Å². The number of phenolic OH excluding ortho intramolecular Hbond substituents is 1. The number of benzene rings is 3. The number of carbonyl (C=O) groups excluding carboxylic acids is 1. The Kier molecular flexibility index (Phi) is 7.84. The quantitative estimate of drug-likeness (QED) is 0.165. The number of alkyl halides is 3. The van der Waals surface area contributed by atoms with Gasteiger partial charge in [-0.05, 0) is 79.9 Å². The molecule has 0 bridgehead atoms. The van der Waals surface area contributed by atoms with Crippen LogP contribution in [-0.4, -0.2) is 28.0 Å². The van der Waals surface area contributed by atoms with E-state index in [1.807, 2.05) is 12.1 Å². The number of thiazole rings is 1. The Hall–Kier alpha value is -2.41. The number of rotatable bonds is 6. The Balaban J connectivity index is 1.42. The molecule has 5 nitrogen and oxygen atoms in total. The summed E-state index contributed by atoms with van der Waals surface area (Å²) in [5.41, 5.74) is 1.04. The summed E-state index contributed by atoms with van der Waals surface area (Å²) in [6.07, 6.45) is -2.89. The van der Waals surface area contributed by atoms with Crippen LogP contribution in [0, 0.1) is 0 Å². The van der Waals surface area contributed by atoms with Crippen LogP contribution in [0.15, 0.2) is 72.9 Å². The molecule has 1 heterocycles. The lowest BCUT2D eigenvalue weighted by Crippen LogP contribution is -2.18. The van der Waals surface area contributed by atoms with Crippen LogP contribution in [0.1, 0.15) is 11.1 Å². The van der Waals surface area contributed by atoms with Gasteiger partial charge in [0.15, 0.2) is 4.34 Å². The Bertz CT molecular complexity index is 1420. The third-order valence-electron chi connectivity index (χ3n) is 4.59. The Morgan fingerprint density at radius 1 is 1.14 bits per heavy atom. The molecule has 0 saturated heterocycles. The summed E-state index contributed by atoms with van der Waals surface area (Å²) in [5, 5.41) is 12.1. The molecule has 4 rings (SSSR count). The van der Waals surface area contributed by atoms with E-state index >= 15 is 0 Å². The van der Waals surface area contributed by atoms with E-state index in [-0.39, 0.29) is 17.2 Å². The Labute approximate surface area is 222 Å². The van der Waals surface area contributed by atoms with E-state index < -0.39 is 17.6 Å². The minimum atomic E-state index is -4.56. The number of nitrogens with zero attached hydrogens (tertiary/aromatic N) is 2.